The Labute approximate surface area is 170 Å². The first-order valence-electron chi connectivity index (χ1n) is 10.1. The van der Waals surface area contributed by atoms with Crippen LogP contribution in [0.25, 0.3) is 12.2 Å². The second kappa shape index (κ2) is 10.5. The standard InChI is InChI=1S/C12H16N2.C10H12N2.C2H6/c1-3-13-11-6-7-12-10(9-11)5-4-8-14(12)2;1-12-6-2-3-8-4-5-9(11)7-10(8)12;1-2/h4-7,9,13H,3,8H2,1-2H3;2-5,7H,6,11H2,1H3;1-2H3. The lowest BCUT2D eigenvalue weighted by molar-refractivity contribution is 1.02. The summed E-state index contributed by atoms with van der Waals surface area (Å²) in [6, 6.07) is 12.5. The fraction of sp³-hybridized carbons (Fsp3) is 0.333. The van der Waals surface area contributed by atoms with Gasteiger partial charge in [-0.1, -0.05) is 44.2 Å². The second-order valence-corrected chi connectivity index (χ2v) is 6.69. The smallest absolute Gasteiger partial charge is 0.0460 e. The number of likely N-dealkylation sites (N-methyl/N-ethyl adjacent to an activating group) is 2. The topological polar surface area (TPSA) is 44.5 Å². The minimum atomic E-state index is 0.830. The monoisotopic (exact) mass is 378 g/mol. The van der Waals surface area contributed by atoms with Gasteiger partial charge in [0.15, 0.2) is 0 Å². The van der Waals surface area contributed by atoms with Gasteiger partial charge < -0.3 is 20.9 Å². The summed E-state index contributed by atoms with van der Waals surface area (Å²) in [6.07, 6.45) is 8.67. The van der Waals surface area contributed by atoms with Crippen LogP contribution in [0, 0.1) is 0 Å². The number of nitrogens with two attached hydrogens (primary N) is 1. The molecule has 0 saturated carbocycles. The van der Waals surface area contributed by atoms with E-state index in [0.717, 1.165) is 25.3 Å². The number of hydrogen-bond donors (Lipinski definition) is 2. The fourth-order valence-corrected chi connectivity index (χ4v) is 3.25. The van der Waals surface area contributed by atoms with E-state index in [1.807, 2.05) is 26.0 Å². The van der Waals surface area contributed by atoms with Crippen molar-refractivity contribution in [2.45, 2.75) is 20.8 Å². The first kappa shape index (κ1) is 21.4. The van der Waals surface area contributed by atoms with Crippen LogP contribution in [-0.2, 0) is 0 Å². The summed E-state index contributed by atoms with van der Waals surface area (Å²) in [6.45, 7) is 9.06. The molecule has 0 radical (unpaired) electrons. The molecule has 0 atom stereocenters. The maximum atomic E-state index is 5.69. The van der Waals surface area contributed by atoms with Crippen LogP contribution < -0.4 is 20.9 Å². The lowest BCUT2D eigenvalue weighted by atomic mass is 10.1. The van der Waals surface area contributed by atoms with E-state index in [4.69, 9.17) is 5.73 Å². The first-order valence-corrected chi connectivity index (χ1v) is 10.1. The third kappa shape index (κ3) is 5.32. The zero-order valence-corrected chi connectivity index (χ0v) is 17.9. The van der Waals surface area contributed by atoms with E-state index in [1.54, 1.807) is 0 Å². The molecule has 0 aliphatic carbocycles. The van der Waals surface area contributed by atoms with Gasteiger partial charge in [0.25, 0.3) is 0 Å². The van der Waals surface area contributed by atoms with Crippen molar-refractivity contribution in [2.24, 2.45) is 0 Å². The molecule has 2 aliphatic rings. The van der Waals surface area contributed by atoms with Crippen molar-refractivity contribution in [1.82, 2.24) is 0 Å². The molecule has 0 aromatic heterocycles. The third-order valence-electron chi connectivity index (χ3n) is 4.64. The summed E-state index contributed by atoms with van der Waals surface area (Å²) in [5, 5.41) is 3.32. The molecule has 150 valence electrons. The number of nitrogens with zero attached hydrogens (tertiary/aromatic N) is 2. The Morgan fingerprint density at radius 3 is 2.18 bits per heavy atom. The summed E-state index contributed by atoms with van der Waals surface area (Å²) in [5.74, 6) is 0. The van der Waals surface area contributed by atoms with Crippen LogP contribution in [0.1, 0.15) is 31.9 Å². The van der Waals surface area contributed by atoms with Crippen molar-refractivity contribution in [2.75, 3.05) is 54.6 Å². The van der Waals surface area contributed by atoms with Crippen LogP contribution in [0.3, 0.4) is 0 Å². The van der Waals surface area contributed by atoms with Gasteiger partial charge >= 0.3 is 0 Å². The largest absolute Gasteiger partial charge is 0.399 e. The minimum absolute atomic E-state index is 0.830. The molecule has 2 heterocycles. The predicted molar refractivity (Wildman–Crippen MR) is 127 cm³/mol. The molecule has 0 spiro atoms. The minimum Gasteiger partial charge on any atom is -0.399 e. The third-order valence-corrected chi connectivity index (χ3v) is 4.64. The van der Waals surface area contributed by atoms with Gasteiger partial charge in [0.1, 0.15) is 0 Å². The van der Waals surface area contributed by atoms with E-state index < -0.39 is 0 Å². The lowest BCUT2D eigenvalue weighted by Gasteiger charge is -2.24. The lowest BCUT2D eigenvalue weighted by Crippen LogP contribution is -2.20. The number of nitrogens with one attached hydrogen (secondary N) is 1. The van der Waals surface area contributed by atoms with Crippen LogP contribution in [0.4, 0.5) is 22.7 Å². The average Bonchev–Trinajstić information content (AvgIpc) is 2.71. The van der Waals surface area contributed by atoms with Gasteiger partial charge in [-0.05, 0) is 48.4 Å². The Hall–Kier alpha value is -2.88. The molecule has 0 amide bonds. The Morgan fingerprint density at radius 2 is 1.50 bits per heavy atom. The molecule has 4 heteroatoms. The van der Waals surface area contributed by atoms with Crippen molar-refractivity contribution in [3.8, 4) is 0 Å². The molecule has 0 unspecified atom stereocenters. The number of anilines is 4. The predicted octanol–water partition coefficient (Wildman–Crippen LogP) is 5.34. The second-order valence-electron chi connectivity index (χ2n) is 6.69. The van der Waals surface area contributed by atoms with Crippen LogP contribution in [0.5, 0.6) is 0 Å². The van der Waals surface area contributed by atoms with E-state index in [0.29, 0.717) is 0 Å². The van der Waals surface area contributed by atoms with Crippen molar-refractivity contribution in [1.29, 1.82) is 0 Å². The highest BCUT2D eigenvalue weighted by molar-refractivity contribution is 5.75. The molecule has 0 saturated heterocycles. The van der Waals surface area contributed by atoms with Crippen LogP contribution in [0.15, 0.2) is 48.6 Å². The Kier molecular flexibility index (Phi) is 8.00. The summed E-state index contributed by atoms with van der Waals surface area (Å²) >= 11 is 0. The highest BCUT2D eigenvalue weighted by atomic mass is 15.1. The van der Waals surface area contributed by atoms with Gasteiger partial charge in [-0.3, -0.25) is 0 Å². The summed E-state index contributed by atoms with van der Waals surface area (Å²) in [7, 11) is 4.19. The van der Waals surface area contributed by atoms with E-state index in [-0.39, 0.29) is 0 Å². The molecule has 2 aromatic rings. The molecule has 2 aromatic carbocycles. The molecule has 4 rings (SSSR count). The highest BCUT2D eigenvalue weighted by Gasteiger charge is 2.09. The number of fused-ring (bicyclic) bond motifs is 2. The maximum absolute atomic E-state index is 5.69. The maximum Gasteiger partial charge on any atom is 0.0460 e. The zero-order valence-electron chi connectivity index (χ0n) is 17.9. The zero-order chi connectivity index (χ0) is 20.5. The van der Waals surface area contributed by atoms with Crippen molar-refractivity contribution in [3.63, 3.8) is 0 Å². The Balaban J connectivity index is 0.000000186. The van der Waals surface area contributed by atoms with E-state index in [2.05, 4.69) is 84.7 Å². The molecule has 28 heavy (non-hydrogen) atoms. The van der Waals surface area contributed by atoms with Gasteiger partial charge in [0, 0.05) is 56.5 Å². The number of benzene rings is 2. The normalized spacial score (nSPS) is 13.5. The molecule has 0 bridgehead atoms. The summed E-state index contributed by atoms with van der Waals surface area (Å²) in [5.41, 5.74) is 12.8. The van der Waals surface area contributed by atoms with Crippen LogP contribution in [-0.4, -0.2) is 33.7 Å². The van der Waals surface area contributed by atoms with Gasteiger partial charge in [-0.15, -0.1) is 0 Å². The molecule has 3 N–H and O–H groups in total. The van der Waals surface area contributed by atoms with Gasteiger partial charge in [-0.25, -0.2) is 0 Å². The fourth-order valence-electron chi connectivity index (χ4n) is 3.25. The molecular formula is C24H34N4. The van der Waals surface area contributed by atoms with E-state index in [1.165, 1.54) is 28.2 Å². The Bertz CT molecular complexity index is 823. The quantitative estimate of drug-likeness (QED) is 0.693. The highest BCUT2D eigenvalue weighted by Crippen LogP contribution is 2.28. The molecule has 0 fully saturated rings. The Morgan fingerprint density at radius 1 is 0.857 bits per heavy atom. The van der Waals surface area contributed by atoms with Gasteiger partial charge in [0.2, 0.25) is 0 Å². The SMILES string of the molecule is CC.CCNc1ccc2c(c1)C=CCN2C.CN1CC=Cc2ccc(N)cc21. The molecule has 4 nitrogen and oxygen atoms in total. The number of nitrogen functional groups attached to an aromatic ring is 1. The number of hydrogen-bond acceptors (Lipinski definition) is 4. The van der Waals surface area contributed by atoms with Gasteiger partial charge in [0.05, 0.1) is 0 Å². The number of rotatable bonds is 2. The molecule has 2 aliphatic heterocycles. The first-order chi connectivity index (χ1) is 13.6. The van der Waals surface area contributed by atoms with E-state index >= 15 is 0 Å². The summed E-state index contributed by atoms with van der Waals surface area (Å²) < 4.78 is 0. The van der Waals surface area contributed by atoms with E-state index in [9.17, 15) is 0 Å². The summed E-state index contributed by atoms with van der Waals surface area (Å²) in [4.78, 5) is 4.44. The van der Waals surface area contributed by atoms with Crippen LogP contribution >= 0.6 is 0 Å². The van der Waals surface area contributed by atoms with Crippen molar-refractivity contribution >= 4 is 34.9 Å². The van der Waals surface area contributed by atoms with Gasteiger partial charge in [-0.2, -0.15) is 0 Å². The average molecular weight is 379 g/mol. The van der Waals surface area contributed by atoms with Crippen LogP contribution in [0.2, 0.25) is 0 Å². The molecular weight excluding hydrogens is 344 g/mol. The van der Waals surface area contributed by atoms with Crippen molar-refractivity contribution < 1.29 is 0 Å². The van der Waals surface area contributed by atoms with Crippen molar-refractivity contribution in [3.05, 3.63) is 59.7 Å².